The van der Waals surface area contributed by atoms with Gasteiger partial charge >= 0.3 is 5.69 Å². The molecule has 2 aromatic rings. The molecule has 1 N–H and O–H groups in total. The summed E-state index contributed by atoms with van der Waals surface area (Å²) in [4.78, 5) is 12.2. The highest BCUT2D eigenvalue weighted by Crippen LogP contribution is 2.25. The number of nitrogens with one attached hydrogen (secondary N) is 1. The lowest BCUT2D eigenvalue weighted by atomic mass is 10.1. The van der Waals surface area contributed by atoms with Gasteiger partial charge in [0.15, 0.2) is 0 Å². The predicted molar refractivity (Wildman–Crippen MR) is 83.8 cm³/mol. The van der Waals surface area contributed by atoms with Gasteiger partial charge in [0.2, 0.25) is 0 Å². The normalized spacial score (nSPS) is 12.3. The summed E-state index contributed by atoms with van der Waals surface area (Å²) in [5.74, 6) is 0.839. The van der Waals surface area contributed by atoms with E-state index in [4.69, 9.17) is 4.74 Å². The molecule has 0 saturated carbocycles. The lowest BCUT2D eigenvalue weighted by molar-refractivity contribution is 0.389. The van der Waals surface area contributed by atoms with Crippen LogP contribution in [0, 0.1) is 0 Å². The summed E-state index contributed by atoms with van der Waals surface area (Å²) in [6.07, 6.45) is 3.67. The predicted octanol–water partition coefficient (Wildman–Crippen LogP) is 2.03. The standard InChI is InChI=1S/C16H23N3O2/c1-4-17-14(13-8-6-7-9-15(13)21-3)12-19-11-10-18(5-2)16(19)20/h6-11,14,17H,4-5,12H2,1-3H3. The van der Waals surface area contributed by atoms with Crippen LogP contribution in [0.15, 0.2) is 41.5 Å². The maximum atomic E-state index is 12.2. The molecule has 0 aliphatic carbocycles. The van der Waals surface area contributed by atoms with E-state index < -0.39 is 0 Å². The Kier molecular flexibility index (Phi) is 5.22. The first-order valence-corrected chi connectivity index (χ1v) is 7.33. The second kappa shape index (κ2) is 7.13. The number of ether oxygens (including phenoxy) is 1. The van der Waals surface area contributed by atoms with Gasteiger partial charge in [-0.05, 0) is 19.5 Å². The molecule has 5 nitrogen and oxygen atoms in total. The van der Waals surface area contributed by atoms with E-state index >= 15 is 0 Å². The van der Waals surface area contributed by atoms with E-state index in [1.54, 1.807) is 16.2 Å². The fraction of sp³-hybridized carbons (Fsp3) is 0.438. The molecule has 0 aliphatic rings. The van der Waals surface area contributed by atoms with Crippen molar-refractivity contribution in [2.45, 2.75) is 33.0 Å². The molecule has 1 unspecified atom stereocenters. The van der Waals surface area contributed by atoms with Crippen molar-refractivity contribution in [3.63, 3.8) is 0 Å². The van der Waals surface area contributed by atoms with E-state index in [1.807, 2.05) is 43.6 Å². The minimum Gasteiger partial charge on any atom is -0.496 e. The molecule has 5 heteroatoms. The van der Waals surface area contributed by atoms with Gasteiger partial charge in [0.1, 0.15) is 5.75 Å². The van der Waals surface area contributed by atoms with E-state index in [1.165, 1.54) is 0 Å². The van der Waals surface area contributed by atoms with Gasteiger partial charge in [-0.1, -0.05) is 25.1 Å². The van der Waals surface area contributed by atoms with Crippen molar-refractivity contribution in [3.05, 3.63) is 52.7 Å². The first-order valence-electron chi connectivity index (χ1n) is 7.33. The van der Waals surface area contributed by atoms with E-state index in [2.05, 4.69) is 12.2 Å². The first kappa shape index (κ1) is 15.4. The van der Waals surface area contributed by atoms with Gasteiger partial charge in [-0.25, -0.2) is 4.79 Å². The van der Waals surface area contributed by atoms with Crippen molar-refractivity contribution >= 4 is 0 Å². The molecule has 0 fully saturated rings. The van der Waals surface area contributed by atoms with Crippen molar-refractivity contribution < 1.29 is 4.74 Å². The largest absolute Gasteiger partial charge is 0.496 e. The molecule has 114 valence electrons. The average Bonchev–Trinajstić information content (AvgIpc) is 2.87. The number of rotatable bonds is 7. The van der Waals surface area contributed by atoms with Crippen LogP contribution in [-0.4, -0.2) is 22.8 Å². The van der Waals surface area contributed by atoms with Crippen LogP contribution in [-0.2, 0) is 13.1 Å². The molecular weight excluding hydrogens is 266 g/mol. The lowest BCUT2D eigenvalue weighted by Crippen LogP contribution is -2.31. The number of para-hydroxylation sites is 1. The van der Waals surface area contributed by atoms with Crippen LogP contribution in [0.2, 0.25) is 0 Å². The van der Waals surface area contributed by atoms with Gasteiger partial charge in [-0.3, -0.25) is 9.13 Å². The molecule has 2 rings (SSSR count). The van der Waals surface area contributed by atoms with Crippen LogP contribution in [0.5, 0.6) is 5.75 Å². The van der Waals surface area contributed by atoms with E-state index in [0.717, 1.165) is 17.9 Å². The molecule has 0 saturated heterocycles. The molecule has 21 heavy (non-hydrogen) atoms. The molecule has 1 aromatic heterocycles. The molecule has 0 radical (unpaired) electrons. The topological polar surface area (TPSA) is 48.2 Å². The van der Waals surface area contributed by atoms with Crippen LogP contribution in [0.4, 0.5) is 0 Å². The van der Waals surface area contributed by atoms with Crippen LogP contribution in [0.1, 0.15) is 25.5 Å². The summed E-state index contributed by atoms with van der Waals surface area (Å²) in [6, 6.07) is 7.96. The summed E-state index contributed by atoms with van der Waals surface area (Å²) in [6.45, 7) is 6.12. The number of benzene rings is 1. The Bertz CT molecular complexity index is 630. The van der Waals surface area contributed by atoms with Crippen LogP contribution in [0.25, 0.3) is 0 Å². The molecule has 1 aromatic carbocycles. The summed E-state index contributed by atoms with van der Waals surface area (Å²) in [5.41, 5.74) is 1.09. The van der Waals surface area contributed by atoms with Gasteiger partial charge in [0, 0.05) is 31.0 Å². The van der Waals surface area contributed by atoms with Gasteiger partial charge in [-0.15, -0.1) is 0 Å². The Balaban J connectivity index is 2.30. The van der Waals surface area contributed by atoms with E-state index in [-0.39, 0.29) is 11.7 Å². The summed E-state index contributed by atoms with van der Waals surface area (Å²) in [7, 11) is 1.67. The molecule has 1 atom stereocenters. The Labute approximate surface area is 125 Å². The van der Waals surface area contributed by atoms with Gasteiger partial charge in [0.05, 0.1) is 13.2 Å². The molecule has 0 amide bonds. The highest BCUT2D eigenvalue weighted by atomic mass is 16.5. The van der Waals surface area contributed by atoms with Gasteiger partial charge in [0.25, 0.3) is 0 Å². The van der Waals surface area contributed by atoms with Gasteiger partial charge in [-0.2, -0.15) is 0 Å². The van der Waals surface area contributed by atoms with E-state index in [0.29, 0.717) is 13.1 Å². The van der Waals surface area contributed by atoms with Gasteiger partial charge < -0.3 is 10.1 Å². The average molecular weight is 289 g/mol. The SMILES string of the molecule is CCNC(Cn1ccn(CC)c1=O)c1ccccc1OC. The van der Waals surface area contributed by atoms with Crippen molar-refractivity contribution in [3.8, 4) is 5.75 Å². The summed E-state index contributed by atoms with van der Waals surface area (Å²) in [5, 5.41) is 3.43. The molecular formula is C16H23N3O2. The van der Waals surface area contributed by atoms with Crippen LogP contribution in [0.3, 0.4) is 0 Å². The zero-order valence-corrected chi connectivity index (χ0v) is 12.9. The highest BCUT2D eigenvalue weighted by Gasteiger charge is 2.16. The molecule has 1 heterocycles. The monoisotopic (exact) mass is 289 g/mol. The number of hydrogen-bond donors (Lipinski definition) is 1. The number of methoxy groups -OCH3 is 1. The third-order valence-corrected chi connectivity index (χ3v) is 3.60. The number of aromatic nitrogens is 2. The minimum absolute atomic E-state index is 0.0234. The fourth-order valence-corrected chi connectivity index (χ4v) is 2.50. The third kappa shape index (κ3) is 3.36. The molecule has 0 aliphatic heterocycles. The van der Waals surface area contributed by atoms with Crippen molar-refractivity contribution in [2.75, 3.05) is 13.7 Å². The first-order chi connectivity index (χ1) is 10.2. The third-order valence-electron chi connectivity index (χ3n) is 3.60. The number of imidazole rings is 1. The zero-order chi connectivity index (χ0) is 15.2. The van der Waals surface area contributed by atoms with Crippen LogP contribution < -0.4 is 15.7 Å². The summed E-state index contributed by atoms with van der Waals surface area (Å²) >= 11 is 0. The fourth-order valence-electron chi connectivity index (χ4n) is 2.50. The number of aryl methyl sites for hydroxylation is 1. The Morgan fingerprint density at radius 1 is 1.19 bits per heavy atom. The van der Waals surface area contributed by atoms with Crippen LogP contribution >= 0.6 is 0 Å². The zero-order valence-electron chi connectivity index (χ0n) is 12.9. The Morgan fingerprint density at radius 2 is 1.90 bits per heavy atom. The number of nitrogens with zero attached hydrogens (tertiary/aromatic N) is 2. The van der Waals surface area contributed by atoms with Crippen molar-refractivity contribution in [1.82, 2.24) is 14.5 Å². The lowest BCUT2D eigenvalue weighted by Gasteiger charge is -2.20. The Hall–Kier alpha value is -2.01. The smallest absolute Gasteiger partial charge is 0.328 e. The van der Waals surface area contributed by atoms with E-state index in [9.17, 15) is 4.79 Å². The molecule has 0 bridgehead atoms. The Morgan fingerprint density at radius 3 is 2.52 bits per heavy atom. The minimum atomic E-state index is 0.0234. The van der Waals surface area contributed by atoms with Crippen molar-refractivity contribution in [2.24, 2.45) is 0 Å². The van der Waals surface area contributed by atoms with Crippen molar-refractivity contribution in [1.29, 1.82) is 0 Å². The molecule has 0 spiro atoms. The second-order valence-electron chi connectivity index (χ2n) is 4.87. The highest BCUT2D eigenvalue weighted by molar-refractivity contribution is 5.35. The second-order valence-corrected chi connectivity index (χ2v) is 4.87. The quantitative estimate of drug-likeness (QED) is 0.848. The summed E-state index contributed by atoms with van der Waals surface area (Å²) < 4.78 is 8.87. The number of likely N-dealkylation sites (N-methyl/N-ethyl adjacent to an activating group) is 1. The maximum absolute atomic E-state index is 12.2. The maximum Gasteiger partial charge on any atom is 0.328 e. The number of hydrogen-bond acceptors (Lipinski definition) is 3.